The lowest BCUT2D eigenvalue weighted by Crippen LogP contribution is -2.37. The molecule has 2 N–H and O–H groups in total. The van der Waals surface area contributed by atoms with Crippen molar-refractivity contribution in [2.45, 2.75) is 39.5 Å². The fourth-order valence-corrected chi connectivity index (χ4v) is 4.78. The largest absolute Gasteiger partial charge is 0.493 e. The predicted molar refractivity (Wildman–Crippen MR) is 126 cm³/mol. The Morgan fingerprint density at radius 3 is 2.55 bits per heavy atom. The van der Waals surface area contributed by atoms with Gasteiger partial charge in [-0.25, -0.2) is 4.98 Å². The molecule has 0 spiro atoms. The minimum absolute atomic E-state index is 0.0394. The van der Waals surface area contributed by atoms with Crippen LogP contribution in [0.4, 0.5) is 5.82 Å². The minimum Gasteiger partial charge on any atom is -0.493 e. The van der Waals surface area contributed by atoms with Crippen LogP contribution in [0.5, 0.6) is 11.5 Å². The van der Waals surface area contributed by atoms with Gasteiger partial charge in [-0.1, -0.05) is 25.1 Å². The summed E-state index contributed by atoms with van der Waals surface area (Å²) in [5.41, 5.74) is 4.18. The third-order valence-electron chi connectivity index (χ3n) is 6.15. The molecule has 1 amide bonds. The highest BCUT2D eigenvalue weighted by Crippen LogP contribution is 2.48. The van der Waals surface area contributed by atoms with Crippen molar-refractivity contribution < 1.29 is 19.1 Å². The van der Waals surface area contributed by atoms with Crippen molar-refractivity contribution in [1.82, 2.24) is 10.3 Å². The van der Waals surface area contributed by atoms with Gasteiger partial charge in [0, 0.05) is 40.2 Å². The van der Waals surface area contributed by atoms with Crippen molar-refractivity contribution in [2.24, 2.45) is 5.92 Å². The molecule has 0 saturated carbocycles. The number of para-hydroxylation sites is 1. The van der Waals surface area contributed by atoms with Crippen LogP contribution in [0.25, 0.3) is 0 Å². The van der Waals surface area contributed by atoms with Gasteiger partial charge < -0.3 is 20.1 Å². The molecule has 0 fully saturated rings. The van der Waals surface area contributed by atoms with E-state index in [1.807, 2.05) is 38.1 Å². The number of methoxy groups -OCH3 is 2. The van der Waals surface area contributed by atoms with E-state index in [-0.39, 0.29) is 17.6 Å². The number of hydrogen-bond donors (Lipinski definition) is 2. The monoisotopic (exact) mass is 447 g/mol. The number of hydrogen-bond acceptors (Lipinski definition) is 6. The Balaban J connectivity index is 1.87. The molecule has 1 aliphatic heterocycles. The summed E-state index contributed by atoms with van der Waals surface area (Å²) < 4.78 is 11.2. The lowest BCUT2D eigenvalue weighted by Gasteiger charge is -2.36. The van der Waals surface area contributed by atoms with Crippen LogP contribution in [0.1, 0.15) is 43.9 Å². The van der Waals surface area contributed by atoms with Crippen LogP contribution in [0.2, 0.25) is 0 Å². The van der Waals surface area contributed by atoms with Crippen LogP contribution in [0.3, 0.4) is 0 Å². The van der Waals surface area contributed by atoms with Gasteiger partial charge in [0.2, 0.25) is 0 Å². The van der Waals surface area contributed by atoms with Gasteiger partial charge in [-0.05, 0) is 44.4 Å². The summed E-state index contributed by atoms with van der Waals surface area (Å²) >= 11 is 0. The van der Waals surface area contributed by atoms with Gasteiger partial charge in [-0.15, -0.1) is 0 Å². The number of aryl methyl sites for hydroxylation is 1. The average Bonchev–Trinajstić information content (AvgIpc) is 2.77. The van der Waals surface area contributed by atoms with E-state index in [4.69, 9.17) is 9.47 Å². The zero-order valence-electron chi connectivity index (χ0n) is 19.6. The SMILES string of the molecule is COc1cccc([C@H]2C(C(=O)Nc3cccc(C)n3)=C(C)NC3=C2C(=O)C[C@H](C)C3)c1OC. The standard InChI is InChI=1S/C26H29N3O4/c1-14-12-18-24(19(30)13-14)23(17-9-7-10-20(32-4)25(17)33-5)22(16(3)28-18)26(31)29-21-11-6-8-15(2)27-21/h6-11,14,23,28H,12-13H2,1-5H3,(H,27,29,31)/t14-,23+/m1/s1. The number of nitrogens with one attached hydrogen (secondary N) is 2. The third-order valence-corrected chi connectivity index (χ3v) is 6.15. The number of dihydropyridines is 1. The number of anilines is 1. The first kappa shape index (κ1) is 22.6. The van der Waals surface area contributed by atoms with Crippen LogP contribution in [0, 0.1) is 12.8 Å². The summed E-state index contributed by atoms with van der Waals surface area (Å²) in [4.78, 5) is 31.3. The second kappa shape index (κ2) is 9.10. The molecule has 2 heterocycles. The maximum Gasteiger partial charge on any atom is 0.255 e. The maximum atomic E-state index is 13.6. The van der Waals surface area contributed by atoms with Gasteiger partial charge in [0.05, 0.1) is 20.1 Å². The van der Waals surface area contributed by atoms with Crippen molar-refractivity contribution in [1.29, 1.82) is 0 Å². The summed E-state index contributed by atoms with van der Waals surface area (Å²) in [6, 6.07) is 11.0. The number of Topliss-reactive ketones (excluding diaryl/α,β-unsaturated/α-hetero) is 1. The number of amides is 1. The fourth-order valence-electron chi connectivity index (χ4n) is 4.78. The Hall–Kier alpha value is -3.61. The lowest BCUT2D eigenvalue weighted by atomic mass is 9.72. The molecule has 7 heteroatoms. The number of rotatable bonds is 5. The lowest BCUT2D eigenvalue weighted by molar-refractivity contribution is -0.117. The highest BCUT2D eigenvalue weighted by atomic mass is 16.5. The van der Waals surface area contributed by atoms with Crippen molar-refractivity contribution in [3.63, 3.8) is 0 Å². The van der Waals surface area contributed by atoms with E-state index in [1.165, 1.54) is 0 Å². The molecule has 0 bridgehead atoms. The Morgan fingerprint density at radius 1 is 1.09 bits per heavy atom. The molecule has 2 aromatic rings. The summed E-state index contributed by atoms with van der Waals surface area (Å²) in [7, 11) is 3.13. The van der Waals surface area contributed by atoms with E-state index in [2.05, 4.69) is 22.5 Å². The topological polar surface area (TPSA) is 89.5 Å². The Kier molecular flexibility index (Phi) is 6.22. The van der Waals surface area contributed by atoms with E-state index >= 15 is 0 Å². The van der Waals surface area contributed by atoms with E-state index in [1.54, 1.807) is 26.4 Å². The molecule has 0 saturated heterocycles. The number of pyridine rings is 1. The van der Waals surface area contributed by atoms with E-state index < -0.39 is 5.92 Å². The predicted octanol–water partition coefficient (Wildman–Crippen LogP) is 4.26. The quantitative estimate of drug-likeness (QED) is 0.712. The molecule has 172 valence electrons. The molecule has 4 rings (SSSR count). The molecule has 1 aromatic heterocycles. The minimum atomic E-state index is -0.587. The molecular weight excluding hydrogens is 418 g/mol. The summed E-state index contributed by atoms with van der Waals surface area (Å²) in [5.74, 6) is 0.887. The molecule has 1 aromatic carbocycles. The average molecular weight is 448 g/mol. The van der Waals surface area contributed by atoms with Gasteiger partial charge >= 0.3 is 0 Å². The second-order valence-electron chi connectivity index (χ2n) is 8.63. The van der Waals surface area contributed by atoms with Crippen molar-refractivity contribution in [2.75, 3.05) is 19.5 Å². The molecule has 1 aliphatic carbocycles. The van der Waals surface area contributed by atoms with Gasteiger partial charge in [-0.2, -0.15) is 0 Å². The van der Waals surface area contributed by atoms with Crippen molar-refractivity contribution >= 4 is 17.5 Å². The first-order valence-electron chi connectivity index (χ1n) is 11.0. The maximum absolute atomic E-state index is 13.6. The van der Waals surface area contributed by atoms with Crippen LogP contribution in [-0.4, -0.2) is 30.9 Å². The van der Waals surface area contributed by atoms with Crippen molar-refractivity contribution in [3.05, 3.63) is 70.2 Å². The molecule has 2 aliphatic rings. The molecule has 2 atom stereocenters. The highest BCUT2D eigenvalue weighted by molar-refractivity contribution is 6.09. The van der Waals surface area contributed by atoms with Gasteiger partial charge in [0.25, 0.3) is 5.91 Å². The number of ketones is 1. The van der Waals surface area contributed by atoms with Gasteiger partial charge in [-0.3, -0.25) is 9.59 Å². The first-order chi connectivity index (χ1) is 15.8. The smallest absolute Gasteiger partial charge is 0.255 e. The van der Waals surface area contributed by atoms with Crippen LogP contribution >= 0.6 is 0 Å². The van der Waals surface area contributed by atoms with Crippen LogP contribution in [-0.2, 0) is 9.59 Å². The Morgan fingerprint density at radius 2 is 1.85 bits per heavy atom. The van der Waals surface area contributed by atoms with E-state index in [0.29, 0.717) is 40.6 Å². The van der Waals surface area contributed by atoms with Crippen molar-refractivity contribution in [3.8, 4) is 11.5 Å². The Bertz CT molecular complexity index is 1180. The van der Waals surface area contributed by atoms with Crippen LogP contribution in [0.15, 0.2) is 58.9 Å². The number of nitrogens with zero attached hydrogens (tertiary/aromatic N) is 1. The van der Waals surface area contributed by atoms with Crippen LogP contribution < -0.4 is 20.1 Å². The molecule has 0 radical (unpaired) electrons. The number of benzene rings is 1. The van der Waals surface area contributed by atoms with E-state index in [9.17, 15) is 9.59 Å². The highest BCUT2D eigenvalue weighted by Gasteiger charge is 2.41. The molecular formula is C26H29N3O4. The fraction of sp³-hybridized carbons (Fsp3) is 0.346. The molecule has 0 unspecified atom stereocenters. The first-order valence-corrected chi connectivity index (χ1v) is 11.0. The number of ether oxygens (including phenoxy) is 2. The van der Waals surface area contributed by atoms with Gasteiger partial charge in [0.1, 0.15) is 5.82 Å². The zero-order chi connectivity index (χ0) is 23.7. The normalized spacial score (nSPS) is 20.2. The van der Waals surface area contributed by atoms with Gasteiger partial charge in [0.15, 0.2) is 17.3 Å². The number of carbonyl (C=O) groups excluding carboxylic acids is 2. The number of allylic oxidation sites excluding steroid dienone is 3. The summed E-state index contributed by atoms with van der Waals surface area (Å²) in [6.07, 6.45) is 1.19. The number of aromatic nitrogens is 1. The Labute approximate surface area is 193 Å². The van der Waals surface area contributed by atoms with E-state index in [0.717, 1.165) is 23.4 Å². The zero-order valence-corrected chi connectivity index (χ0v) is 19.6. The number of carbonyl (C=O) groups is 2. The second-order valence-corrected chi connectivity index (χ2v) is 8.63. The molecule has 33 heavy (non-hydrogen) atoms. The summed E-state index contributed by atoms with van der Waals surface area (Å²) in [6.45, 7) is 5.80. The molecule has 7 nitrogen and oxygen atoms in total. The summed E-state index contributed by atoms with van der Waals surface area (Å²) in [5, 5.41) is 6.27. The third kappa shape index (κ3) is 4.23.